The minimum atomic E-state index is -0.173. The summed E-state index contributed by atoms with van der Waals surface area (Å²) in [5, 5.41) is 21.8. The van der Waals surface area contributed by atoms with Crippen molar-refractivity contribution in [1.29, 1.82) is 0 Å². The molecule has 4 nitrogen and oxygen atoms in total. The van der Waals surface area contributed by atoms with Gasteiger partial charge in [-0.1, -0.05) is 30.3 Å². The number of halogens is 1. The van der Waals surface area contributed by atoms with Crippen molar-refractivity contribution in [3.63, 3.8) is 0 Å². The van der Waals surface area contributed by atoms with E-state index in [9.17, 15) is 10.2 Å². The van der Waals surface area contributed by atoms with E-state index < -0.39 is 0 Å². The number of ether oxygens (including phenoxy) is 1. The fourth-order valence-corrected chi connectivity index (χ4v) is 1.75. The van der Waals surface area contributed by atoms with Crippen LogP contribution in [0.25, 0.3) is 5.76 Å². The molecule has 3 N–H and O–H groups in total. The predicted octanol–water partition coefficient (Wildman–Crippen LogP) is 3.41. The summed E-state index contributed by atoms with van der Waals surface area (Å²) in [6.07, 6.45) is 1.70. The Balaban J connectivity index is 0.00000220. The molecule has 2 rings (SSSR count). The normalized spacial score (nSPS) is 10.6. The maximum Gasteiger partial charge on any atom is 0.158 e. The van der Waals surface area contributed by atoms with Crippen molar-refractivity contribution in [2.75, 3.05) is 7.05 Å². The van der Waals surface area contributed by atoms with Crippen LogP contribution in [0.5, 0.6) is 11.5 Å². The Bertz CT molecular complexity index is 600. The van der Waals surface area contributed by atoms with Gasteiger partial charge in [0, 0.05) is 18.8 Å². The van der Waals surface area contributed by atoms with Gasteiger partial charge in [-0.25, -0.2) is 0 Å². The molecule has 0 radical (unpaired) electrons. The molecular formula is C16H18BrNO3. The van der Waals surface area contributed by atoms with Crippen LogP contribution >= 0.6 is 17.0 Å². The first-order chi connectivity index (χ1) is 9.70. The summed E-state index contributed by atoms with van der Waals surface area (Å²) < 4.78 is 5.76. The van der Waals surface area contributed by atoms with Crippen molar-refractivity contribution >= 4 is 22.7 Å². The first-order valence-electron chi connectivity index (χ1n) is 6.27. The van der Waals surface area contributed by atoms with E-state index in [4.69, 9.17) is 4.74 Å². The SMILES string of the molecule is Br.CN/C=C(/OCc1ccccc1)c1ccc(O)c(O)c1. The van der Waals surface area contributed by atoms with Crippen LogP contribution < -0.4 is 5.32 Å². The monoisotopic (exact) mass is 351 g/mol. The van der Waals surface area contributed by atoms with Crippen LogP contribution in [0.1, 0.15) is 11.1 Å². The second-order valence-electron chi connectivity index (χ2n) is 4.28. The molecule has 21 heavy (non-hydrogen) atoms. The fraction of sp³-hybridized carbons (Fsp3) is 0.125. The van der Waals surface area contributed by atoms with Crippen LogP contribution in [0.4, 0.5) is 0 Å². The fourth-order valence-electron chi connectivity index (χ4n) is 1.75. The number of nitrogens with one attached hydrogen (secondary N) is 1. The second kappa shape index (κ2) is 8.21. The predicted molar refractivity (Wildman–Crippen MR) is 88.4 cm³/mol. The number of phenolic OH excluding ortho intramolecular Hbond substituents is 2. The van der Waals surface area contributed by atoms with Gasteiger partial charge in [-0.2, -0.15) is 0 Å². The molecule has 112 valence electrons. The maximum absolute atomic E-state index is 9.55. The number of phenols is 2. The lowest BCUT2D eigenvalue weighted by Crippen LogP contribution is -2.00. The summed E-state index contributed by atoms with van der Waals surface area (Å²) >= 11 is 0. The van der Waals surface area contributed by atoms with Crippen molar-refractivity contribution in [3.05, 3.63) is 65.9 Å². The molecule has 0 aliphatic heterocycles. The van der Waals surface area contributed by atoms with Crippen molar-refractivity contribution in [1.82, 2.24) is 5.32 Å². The summed E-state index contributed by atoms with van der Waals surface area (Å²) in [4.78, 5) is 0. The zero-order chi connectivity index (χ0) is 14.4. The Hall–Kier alpha value is -2.14. The number of aromatic hydroxyl groups is 2. The average molecular weight is 352 g/mol. The van der Waals surface area contributed by atoms with Gasteiger partial charge in [-0.15, -0.1) is 17.0 Å². The molecule has 5 heteroatoms. The highest BCUT2D eigenvalue weighted by molar-refractivity contribution is 8.93. The number of hydrogen-bond acceptors (Lipinski definition) is 4. The van der Waals surface area contributed by atoms with Gasteiger partial charge in [0.05, 0.1) is 0 Å². The summed E-state index contributed by atoms with van der Waals surface area (Å²) in [7, 11) is 1.77. The van der Waals surface area contributed by atoms with Gasteiger partial charge in [0.1, 0.15) is 12.4 Å². The third kappa shape index (κ3) is 4.72. The Labute approximate surface area is 134 Å². The van der Waals surface area contributed by atoms with E-state index in [1.807, 2.05) is 30.3 Å². The van der Waals surface area contributed by atoms with E-state index in [1.165, 1.54) is 12.1 Å². The molecule has 0 spiro atoms. The smallest absolute Gasteiger partial charge is 0.158 e. The molecule has 0 atom stereocenters. The maximum atomic E-state index is 9.55. The van der Waals surface area contributed by atoms with Crippen molar-refractivity contribution in [3.8, 4) is 11.5 Å². The zero-order valence-corrected chi connectivity index (χ0v) is 13.3. The Kier molecular flexibility index (Phi) is 6.62. The quantitative estimate of drug-likeness (QED) is 0.570. The third-order valence-electron chi connectivity index (χ3n) is 2.77. The first-order valence-corrected chi connectivity index (χ1v) is 6.27. The van der Waals surface area contributed by atoms with Gasteiger partial charge in [0.25, 0.3) is 0 Å². The molecule has 0 aliphatic carbocycles. The average Bonchev–Trinajstić information content (AvgIpc) is 2.47. The van der Waals surface area contributed by atoms with Gasteiger partial charge >= 0.3 is 0 Å². The molecule has 0 aromatic heterocycles. The minimum absolute atomic E-state index is 0. The van der Waals surface area contributed by atoms with Crippen molar-refractivity contribution in [2.45, 2.75) is 6.61 Å². The Morgan fingerprint density at radius 3 is 2.43 bits per heavy atom. The molecule has 0 bridgehead atoms. The standard InChI is InChI=1S/C16H17NO3.BrH/c1-17-10-16(13-7-8-14(18)15(19)9-13)20-11-12-5-3-2-4-6-12;/h2-10,17-19H,11H2,1H3;1H/b16-10+;. The van der Waals surface area contributed by atoms with Crippen LogP contribution in [-0.2, 0) is 11.3 Å². The highest BCUT2D eigenvalue weighted by Crippen LogP contribution is 2.28. The van der Waals surface area contributed by atoms with Crippen LogP contribution in [-0.4, -0.2) is 17.3 Å². The lowest BCUT2D eigenvalue weighted by atomic mass is 10.1. The molecule has 0 aliphatic rings. The number of benzene rings is 2. The molecule has 0 unspecified atom stereocenters. The largest absolute Gasteiger partial charge is 0.504 e. The Morgan fingerprint density at radius 2 is 1.81 bits per heavy atom. The summed E-state index contributed by atoms with van der Waals surface area (Å²) in [6, 6.07) is 14.4. The number of rotatable bonds is 5. The number of hydrogen-bond donors (Lipinski definition) is 3. The van der Waals surface area contributed by atoms with E-state index in [0.717, 1.165) is 5.56 Å². The highest BCUT2D eigenvalue weighted by atomic mass is 79.9. The molecular weight excluding hydrogens is 334 g/mol. The van der Waals surface area contributed by atoms with Gasteiger partial charge in [0.15, 0.2) is 11.5 Å². The van der Waals surface area contributed by atoms with E-state index in [0.29, 0.717) is 17.9 Å². The van der Waals surface area contributed by atoms with Crippen LogP contribution in [0, 0.1) is 0 Å². The van der Waals surface area contributed by atoms with E-state index in [-0.39, 0.29) is 28.5 Å². The van der Waals surface area contributed by atoms with Gasteiger partial charge in [0.2, 0.25) is 0 Å². The van der Waals surface area contributed by atoms with Crippen molar-refractivity contribution in [2.24, 2.45) is 0 Å². The lowest BCUT2D eigenvalue weighted by molar-refractivity contribution is 0.263. The molecule has 0 saturated heterocycles. The molecule has 0 amide bonds. The minimum Gasteiger partial charge on any atom is -0.504 e. The molecule has 0 saturated carbocycles. The van der Waals surface area contributed by atoms with E-state index in [2.05, 4.69) is 5.32 Å². The first kappa shape index (κ1) is 16.9. The van der Waals surface area contributed by atoms with Gasteiger partial charge in [-0.3, -0.25) is 0 Å². The lowest BCUT2D eigenvalue weighted by Gasteiger charge is -2.12. The van der Waals surface area contributed by atoms with Crippen LogP contribution in [0.15, 0.2) is 54.7 Å². The molecule has 2 aromatic rings. The van der Waals surface area contributed by atoms with Crippen LogP contribution in [0.3, 0.4) is 0 Å². The van der Waals surface area contributed by atoms with E-state index in [1.54, 1.807) is 19.3 Å². The summed E-state index contributed by atoms with van der Waals surface area (Å²) in [5.74, 6) is 0.264. The highest BCUT2D eigenvalue weighted by Gasteiger charge is 2.07. The Morgan fingerprint density at radius 1 is 1.10 bits per heavy atom. The molecule has 0 heterocycles. The van der Waals surface area contributed by atoms with Crippen LogP contribution in [0.2, 0.25) is 0 Å². The zero-order valence-electron chi connectivity index (χ0n) is 11.6. The van der Waals surface area contributed by atoms with Crippen molar-refractivity contribution < 1.29 is 14.9 Å². The third-order valence-corrected chi connectivity index (χ3v) is 2.77. The second-order valence-corrected chi connectivity index (χ2v) is 4.28. The summed E-state index contributed by atoms with van der Waals surface area (Å²) in [6.45, 7) is 0.427. The molecule has 0 fully saturated rings. The topological polar surface area (TPSA) is 61.7 Å². The molecule has 2 aromatic carbocycles. The van der Waals surface area contributed by atoms with Gasteiger partial charge in [-0.05, 0) is 23.8 Å². The van der Waals surface area contributed by atoms with E-state index >= 15 is 0 Å². The summed E-state index contributed by atoms with van der Waals surface area (Å²) in [5.41, 5.74) is 1.74. The van der Waals surface area contributed by atoms with Gasteiger partial charge < -0.3 is 20.3 Å².